The van der Waals surface area contributed by atoms with Gasteiger partial charge in [0.15, 0.2) is 12.4 Å². The number of carbonyl (C=O) groups excluding carboxylic acids is 3. The molecule has 34 heavy (non-hydrogen) atoms. The Morgan fingerprint density at radius 1 is 1.03 bits per heavy atom. The van der Waals surface area contributed by atoms with Crippen LogP contribution < -0.4 is 14.8 Å². The Kier molecular flexibility index (Phi) is 5.17. The van der Waals surface area contributed by atoms with Crippen LogP contribution in [0.2, 0.25) is 0 Å². The second-order valence-electron chi connectivity index (χ2n) is 9.57. The van der Waals surface area contributed by atoms with Gasteiger partial charge in [-0.25, -0.2) is 0 Å². The quantitative estimate of drug-likeness (QED) is 0.336. The van der Waals surface area contributed by atoms with Crippen molar-refractivity contribution in [3.63, 3.8) is 0 Å². The van der Waals surface area contributed by atoms with Gasteiger partial charge in [0.05, 0.1) is 23.8 Å². The predicted octanol–water partition coefficient (Wildman–Crippen LogP) is 3.71. The summed E-state index contributed by atoms with van der Waals surface area (Å²) in [5.41, 5.74) is 1.17. The summed E-state index contributed by atoms with van der Waals surface area (Å²) in [5.74, 6) is 1.33. The molecule has 176 valence electrons. The summed E-state index contributed by atoms with van der Waals surface area (Å²) < 4.78 is 16.4. The molecule has 2 aromatic carbocycles. The highest BCUT2D eigenvalue weighted by Crippen LogP contribution is 2.70. The molecule has 7 rings (SSSR count). The summed E-state index contributed by atoms with van der Waals surface area (Å²) in [6.07, 6.45) is 0.999. The molecular formula is C26H24BrNO6. The summed E-state index contributed by atoms with van der Waals surface area (Å²) in [6, 6.07) is 13.8. The van der Waals surface area contributed by atoms with Gasteiger partial charge in [-0.2, -0.15) is 0 Å². The largest absolute Gasteiger partial charge is 0.497 e. The number of rotatable bonds is 7. The highest BCUT2D eigenvalue weighted by Gasteiger charge is 2.74. The minimum atomic E-state index is -0.373. The van der Waals surface area contributed by atoms with Crippen molar-refractivity contribution in [2.75, 3.05) is 19.0 Å². The van der Waals surface area contributed by atoms with E-state index in [2.05, 4.69) is 21.2 Å². The van der Waals surface area contributed by atoms with Gasteiger partial charge in [0.25, 0.3) is 0 Å². The molecule has 8 heteroatoms. The van der Waals surface area contributed by atoms with Crippen LogP contribution in [0.5, 0.6) is 11.5 Å². The molecule has 1 saturated heterocycles. The van der Waals surface area contributed by atoms with Crippen LogP contribution in [0.1, 0.15) is 16.8 Å². The zero-order valence-electron chi connectivity index (χ0n) is 18.5. The minimum absolute atomic E-state index is 0.0405. The standard InChI is InChI=1S/C26H24BrNO6/c1-32-14-6-2-12(3-7-14)18(29)11-33-15-8-4-13(5-9-15)28-25(30)21-19-16-10-17(16)20-22(21)26(31)34-24(20)23(19)27/h2-9,16-17,19-24H,10-11H2,1H3,(H,28,30)/t16-,17+,19-,20+,21-,22-,23-,24-/m0/s1. The molecule has 1 amide bonds. The number of anilines is 1. The number of hydrogen-bond donors (Lipinski definition) is 1. The Hall–Kier alpha value is -2.87. The molecule has 7 nitrogen and oxygen atoms in total. The molecular weight excluding hydrogens is 502 g/mol. The van der Waals surface area contributed by atoms with Crippen molar-refractivity contribution >= 4 is 39.3 Å². The van der Waals surface area contributed by atoms with Gasteiger partial charge in [-0.3, -0.25) is 14.4 Å². The molecule has 8 atom stereocenters. The predicted molar refractivity (Wildman–Crippen MR) is 126 cm³/mol. The molecule has 4 bridgehead atoms. The highest BCUT2D eigenvalue weighted by atomic mass is 79.9. The number of methoxy groups -OCH3 is 1. The second kappa shape index (κ2) is 8.12. The Bertz CT molecular complexity index is 1150. The highest BCUT2D eigenvalue weighted by molar-refractivity contribution is 9.09. The number of benzene rings is 2. The van der Waals surface area contributed by atoms with Gasteiger partial charge in [-0.1, -0.05) is 15.9 Å². The van der Waals surface area contributed by atoms with Crippen LogP contribution in [-0.4, -0.2) is 42.3 Å². The van der Waals surface area contributed by atoms with E-state index in [-0.39, 0.29) is 58.9 Å². The van der Waals surface area contributed by atoms with E-state index in [0.29, 0.717) is 34.6 Å². The number of nitrogens with one attached hydrogen (secondary N) is 1. The number of ketones is 1. The van der Waals surface area contributed by atoms with Crippen LogP contribution in [0.15, 0.2) is 48.5 Å². The first kappa shape index (κ1) is 21.6. The van der Waals surface area contributed by atoms with E-state index < -0.39 is 0 Å². The van der Waals surface area contributed by atoms with Crippen molar-refractivity contribution in [2.45, 2.75) is 17.4 Å². The number of Topliss-reactive ketones (excluding diaryl/α,β-unsaturated/α-hetero) is 1. The third-order valence-corrected chi connectivity index (χ3v) is 9.02. The molecule has 1 heterocycles. The number of hydrogen-bond acceptors (Lipinski definition) is 6. The van der Waals surface area contributed by atoms with Crippen molar-refractivity contribution in [2.24, 2.45) is 35.5 Å². The minimum Gasteiger partial charge on any atom is -0.497 e. The molecule has 5 aliphatic rings. The van der Waals surface area contributed by atoms with Crippen molar-refractivity contribution in [3.05, 3.63) is 54.1 Å². The van der Waals surface area contributed by atoms with Crippen LogP contribution in [0, 0.1) is 35.5 Å². The van der Waals surface area contributed by atoms with Crippen LogP contribution >= 0.6 is 15.9 Å². The average molecular weight is 526 g/mol. The maximum absolute atomic E-state index is 13.3. The van der Waals surface area contributed by atoms with E-state index in [4.69, 9.17) is 14.2 Å². The Morgan fingerprint density at radius 2 is 1.71 bits per heavy atom. The third-order valence-electron chi connectivity index (χ3n) is 7.89. The Labute approximate surface area is 205 Å². The third kappa shape index (κ3) is 3.42. The van der Waals surface area contributed by atoms with Crippen molar-refractivity contribution in [3.8, 4) is 11.5 Å². The smallest absolute Gasteiger partial charge is 0.310 e. The summed E-state index contributed by atoms with van der Waals surface area (Å²) in [6.45, 7) is -0.0939. The Morgan fingerprint density at radius 3 is 2.41 bits per heavy atom. The van der Waals surface area contributed by atoms with Crippen molar-refractivity contribution < 1.29 is 28.6 Å². The van der Waals surface area contributed by atoms with E-state index in [1.54, 1.807) is 55.6 Å². The van der Waals surface area contributed by atoms with Gasteiger partial charge in [0, 0.05) is 17.2 Å². The number of carbonyl (C=O) groups is 3. The van der Waals surface area contributed by atoms with Crippen LogP contribution in [0.4, 0.5) is 5.69 Å². The summed E-state index contributed by atoms with van der Waals surface area (Å²) >= 11 is 3.74. The van der Waals surface area contributed by atoms with Gasteiger partial charge in [0.1, 0.15) is 17.6 Å². The molecule has 0 radical (unpaired) electrons. The number of esters is 1. The fourth-order valence-corrected chi connectivity index (χ4v) is 7.49. The number of alkyl halides is 1. The van der Waals surface area contributed by atoms with E-state index in [9.17, 15) is 14.4 Å². The lowest BCUT2D eigenvalue weighted by Crippen LogP contribution is -2.55. The molecule has 4 aliphatic carbocycles. The van der Waals surface area contributed by atoms with E-state index >= 15 is 0 Å². The average Bonchev–Trinajstić information content (AvgIpc) is 3.60. The van der Waals surface area contributed by atoms with E-state index in [0.717, 1.165) is 6.42 Å². The zero-order valence-corrected chi connectivity index (χ0v) is 20.1. The first-order chi connectivity index (χ1) is 16.5. The van der Waals surface area contributed by atoms with Gasteiger partial charge >= 0.3 is 5.97 Å². The lowest BCUT2D eigenvalue weighted by molar-refractivity contribution is -0.145. The molecule has 2 aromatic rings. The van der Waals surface area contributed by atoms with Crippen LogP contribution in [-0.2, 0) is 14.3 Å². The summed E-state index contributed by atoms with van der Waals surface area (Å²) in [5, 5.41) is 2.99. The number of halogens is 1. The fraction of sp³-hybridized carbons (Fsp3) is 0.423. The molecule has 5 fully saturated rings. The monoisotopic (exact) mass is 525 g/mol. The summed E-state index contributed by atoms with van der Waals surface area (Å²) in [4.78, 5) is 38.2. The molecule has 1 N–H and O–H groups in total. The first-order valence-electron chi connectivity index (χ1n) is 11.5. The zero-order chi connectivity index (χ0) is 23.6. The van der Waals surface area contributed by atoms with Crippen LogP contribution in [0.3, 0.4) is 0 Å². The van der Waals surface area contributed by atoms with E-state index in [1.807, 2.05) is 0 Å². The van der Waals surface area contributed by atoms with Gasteiger partial charge < -0.3 is 19.5 Å². The topological polar surface area (TPSA) is 90.9 Å². The first-order valence-corrected chi connectivity index (χ1v) is 12.4. The molecule has 0 unspecified atom stereocenters. The lowest BCUT2D eigenvalue weighted by Gasteiger charge is -2.46. The normalized spacial score (nSPS) is 34.1. The maximum atomic E-state index is 13.3. The summed E-state index contributed by atoms with van der Waals surface area (Å²) in [7, 11) is 1.57. The van der Waals surface area contributed by atoms with E-state index in [1.165, 1.54) is 0 Å². The molecule has 0 spiro atoms. The fourth-order valence-electron chi connectivity index (χ4n) is 6.31. The number of amides is 1. The number of ether oxygens (including phenoxy) is 3. The van der Waals surface area contributed by atoms with Crippen molar-refractivity contribution in [1.82, 2.24) is 0 Å². The Balaban J connectivity index is 1.09. The SMILES string of the molecule is COc1ccc(C(=O)COc2ccc(NC(=O)[C@@H]3[C@H]4C(=O)O[C@@H]5[C@@H](Br)[C@H]3[C@H]3C[C@H]3[C@@H]54)cc2)cc1. The molecule has 4 saturated carbocycles. The maximum Gasteiger partial charge on any atom is 0.310 e. The molecule has 0 aromatic heterocycles. The van der Waals surface area contributed by atoms with Gasteiger partial charge in [-0.15, -0.1) is 0 Å². The van der Waals surface area contributed by atoms with Crippen LogP contribution in [0.25, 0.3) is 0 Å². The van der Waals surface area contributed by atoms with Gasteiger partial charge in [0.2, 0.25) is 5.91 Å². The molecule has 1 aliphatic heterocycles. The lowest BCUT2D eigenvalue weighted by atomic mass is 9.58. The van der Waals surface area contributed by atoms with Gasteiger partial charge in [-0.05, 0) is 72.7 Å². The second-order valence-corrected chi connectivity index (χ2v) is 10.6. The van der Waals surface area contributed by atoms with Crippen molar-refractivity contribution in [1.29, 1.82) is 0 Å².